The van der Waals surface area contributed by atoms with Crippen LogP contribution in [0.2, 0.25) is 0 Å². The SMILES string of the molecule is CCCOC[C@H]1OC[C@]2(c3cccc(F)c3F)NOCC12. The van der Waals surface area contributed by atoms with E-state index in [1.54, 1.807) is 6.07 Å². The lowest BCUT2D eigenvalue weighted by molar-refractivity contribution is -0.0294. The zero-order valence-electron chi connectivity index (χ0n) is 11.9. The van der Waals surface area contributed by atoms with Crippen molar-refractivity contribution in [2.45, 2.75) is 25.0 Å². The average molecular weight is 299 g/mol. The van der Waals surface area contributed by atoms with E-state index in [0.717, 1.165) is 12.5 Å². The highest BCUT2D eigenvalue weighted by molar-refractivity contribution is 5.31. The van der Waals surface area contributed by atoms with Crippen LogP contribution in [0, 0.1) is 17.6 Å². The molecule has 2 fully saturated rings. The monoisotopic (exact) mass is 299 g/mol. The van der Waals surface area contributed by atoms with Crippen LogP contribution < -0.4 is 5.48 Å². The third kappa shape index (κ3) is 2.46. The van der Waals surface area contributed by atoms with Gasteiger partial charge < -0.3 is 14.3 Å². The van der Waals surface area contributed by atoms with Crippen molar-refractivity contribution in [3.05, 3.63) is 35.4 Å². The van der Waals surface area contributed by atoms with E-state index in [-0.39, 0.29) is 24.2 Å². The molecule has 0 aliphatic carbocycles. The van der Waals surface area contributed by atoms with Crippen LogP contribution in [-0.2, 0) is 19.9 Å². The maximum absolute atomic E-state index is 14.2. The summed E-state index contributed by atoms with van der Waals surface area (Å²) in [6.07, 6.45) is 0.740. The van der Waals surface area contributed by atoms with Crippen molar-refractivity contribution in [3.63, 3.8) is 0 Å². The van der Waals surface area contributed by atoms with E-state index in [2.05, 4.69) is 5.48 Å². The maximum atomic E-state index is 14.2. The van der Waals surface area contributed by atoms with Gasteiger partial charge in [-0.15, -0.1) is 0 Å². The van der Waals surface area contributed by atoms with Crippen molar-refractivity contribution in [3.8, 4) is 0 Å². The van der Waals surface area contributed by atoms with E-state index in [9.17, 15) is 8.78 Å². The van der Waals surface area contributed by atoms with E-state index < -0.39 is 17.2 Å². The molecule has 3 atom stereocenters. The minimum Gasteiger partial charge on any atom is -0.379 e. The minimum atomic E-state index is -0.861. The summed E-state index contributed by atoms with van der Waals surface area (Å²) in [5.74, 6) is -1.81. The number of hydrogen-bond donors (Lipinski definition) is 1. The molecule has 2 heterocycles. The van der Waals surface area contributed by atoms with Gasteiger partial charge in [0.1, 0.15) is 5.54 Å². The first-order chi connectivity index (χ1) is 10.2. The van der Waals surface area contributed by atoms with Gasteiger partial charge in [-0.25, -0.2) is 8.78 Å². The number of nitrogens with one attached hydrogen (secondary N) is 1. The number of benzene rings is 1. The number of ether oxygens (including phenoxy) is 2. The largest absolute Gasteiger partial charge is 0.379 e. The first-order valence-electron chi connectivity index (χ1n) is 7.22. The number of hydrogen-bond acceptors (Lipinski definition) is 4. The van der Waals surface area contributed by atoms with Gasteiger partial charge in [-0.2, -0.15) is 5.48 Å². The molecule has 0 spiro atoms. The van der Waals surface area contributed by atoms with Gasteiger partial charge in [0, 0.05) is 18.1 Å². The molecular weight excluding hydrogens is 280 g/mol. The fourth-order valence-corrected chi connectivity index (χ4v) is 3.08. The van der Waals surface area contributed by atoms with Crippen LogP contribution in [-0.4, -0.2) is 32.5 Å². The van der Waals surface area contributed by atoms with Gasteiger partial charge in [0.2, 0.25) is 0 Å². The van der Waals surface area contributed by atoms with Crippen molar-refractivity contribution in [1.29, 1.82) is 0 Å². The Morgan fingerprint density at radius 1 is 1.43 bits per heavy atom. The van der Waals surface area contributed by atoms with Gasteiger partial charge in [0.25, 0.3) is 0 Å². The molecule has 6 heteroatoms. The van der Waals surface area contributed by atoms with Gasteiger partial charge >= 0.3 is 0 Å². The summed E-state index contributed by atoms with van der Waals surface area (Å²) >= 11 is 0. The Labute approximate surface area is 122 Å². The van der Waals surface area contributed by atoms with E-state index in [0.29, 0.717) is 19.8 Å². The molecule has 1 unspecified atom stereocenters. The van der Waals surface area contributed by atoms with E-state index in [1.165, 1.54) is 6.07 Å². The Morgan fingerprint density at radius 3 is 3.10 bits per heavy atom. The average Bonchev–Trinajstić information content (AvgIpc) is 3.03. The molecule has 3 rings (SSSR count). The summed E-state index contributed by atoms with van der Waals surface area (Å²) in [6.45, 7) is 3.74. The van der Waals surface area contributed by atoms with Crippen LogP contribution in [0.5, 0.6) is 0 Å². The van der Waals surface area contributed by atoms with Crippen LogP contribution in [0.4, 0.5) is 8.78 Å². The fourth-order valence-electron chi connectivity index (χ4n) is 3.08. The highest BCUT2D eigenvalue weighted by atomic mass is 19.2. The standard InChI is InChI=1S/C15H19F2NO3/c1-2-6-19-8-13-11-7-21-18-15(11,9-20-13)10-4-3-5-12(16)14(10)17/h3-5,11,13,18H,2,6-9H2,1H3/t11?,13-,15-/m1/s1. The van der Waals surface area contributed by atoms with Crippen molar-refractivity contribution < 1.29 is 23.1 Å². The molecular formula is C15H19F2NO3. The van der Waals surface area contributed by atoms with E-state index in [1.807, 2.05) is 6.92 Å². The normalized spacial score (nSPS) is 31.6. The lowest BCUT2D eigenvalue weighted by Gasteiger charge is -2.27. The third-order valence-corrected chi connectivity index (χ3v) is 4.19. The van der Waals surface area contributed by atoms with Gasteiger partial charge in [-0.3, -0.25) is 0 Å². The highest BCUT2D eigenvalue weighted by Crippen LogP contribution is 2.44. The van der Waals surface area contributed by atoms with Crippen LogP contribution in [0.25, 0.3) is 0 Å². The van der Waals surface area contributed by atoms with E-state index in [4.69, 9.17) is 14.3 Å². The first kappa shape index (κ1) is 14.8. The summed E-state index contributed by atoms with van der Waals surface area (Å²) in [6, 6.07) is 4.18. The smallest absolute Gasteiger partial charge is 0.164 e. The molecule has 0 aromatic heterocycles. The molecule has 2 aliphatic heterocycles. The molecule has 4 nitrogen and oxygen atoms in total. The molecule has 1 aromatic rings. The molecule has 0 amide bonds. The predicted molar refractivity (Wildman–Crippen MR) is 71.5 cm³/mol. The van der Waals surface area contributed by atoms with Gasteiger partial charge in [0.15, 0.2) is 11.6 Å². The zero-order chi connectivity index (χ0) is 14.9. The number of fused-ring (bicyclic) bond motifs is 1. The van der Waals surface area contributed by atoms with Crippen LogP contribution in [0.1, 0.15) is 18.9 Å². The van der Waals surface area contributed by atoms with Crippen molar-refractivity contribution >= 4 is 0 Å². The Balaban J connectivity index is 1.85. The Morgan fingerprint density at radius 2 is 2.29 bits per heavy atom. The van der Waals surface area contributed by atoms with Crippen molar-refractivity contribution in [1.82, 2.24) is 5.48 Å². The van der Waals surface area contributed by atoms with Crippen LogP contribution >= 0.6 is 0 Å². The molecule has 0 bridgehead atoms. The van der Waals surface area contributed by atoms with Crippen LogP contribution in [0.15, 0.2) is 18.2 Å². The lowest BCUT2D eigenvalue weighted by Crippen LogP contribution is -2.44. The molecule has 1 N–H and O–H groups in total. The topological polar surface area (TPSA) is 39.7 Å². The summed E-state index contributed by atoms with van der Waals surface area (Å²) in [7, 11) is 0. The quantitative estimate of drug-likeness (QED) is 0.846. The van der Waals surface area contributed by atoms with Crippen molar-refractivity contribution in [2.24, 2.45) is 5.92 Å². The van der Waals surface area contributed by atoms with Crippen LogP contribution in [0.3, 0.4) is 0 Å². The molecule has 21 heavy (non-hydrogen) atoms. The molecule has 2 aliphatic rings. The second kappa shape index (κ2) is 5.96. The predicted octanol–water partition coefficient (Wildman–Crippen LogP) is 2.14. The second-order valence-corrected chi connectivity index (χ2v) is 5.52. The highest BCUT2D eigenvalue weighted by Gasteiger charge is 2.56. The number of rotatable bonds is 5. The Kier molecular flexibility index (Phi) is 4.21. The van der Waals surface area contributed by atoms with Gasteiger partial charge in [-0.1, -0.05) is 19.1 Å². The number of hydroxylamine groups is 1. The van der Waals surface area contributed by atoms with E-state index >= 15 is 0 Å². The fraction of sp³-hybridized carbons (Fsp3) is 0.600. The van der Waals surface area contributed by atoms with Crippen molar-refractivity contribution in [2.75, 3.05) is 26.4 Å². The second-order valence-electron chi connectivity index (χ2n) is 5.52. The third-order valence-electron chi connectivity index (χ3n) is 4.19. The Bertz CT molecular complexity index is 514. The molecule has 0 saturated carbocycles. The Hall–Kier alpha value is -1.08. The first-order valence-corrected chi connectivity index (χ1v) is 7.22. The minimum absolute atomic E-state index is 0.106. The van der Waals surface area contributed by atoms with Gasteiger partial charge in [0.05, 0.1) is 25.9 Å². The number of halogens is 2. The molecule has 0 radical (unpaired) electrons. The summed E-state index contributed by atoms with van der Waals surface area (Å²) < 4.78 is 39.0. The molecule has 1 aromatic carbocycles. The zero-order valence-corrected chi connectivity index (χ0v) is 11.9. The summed E-state index contributed by atoms with van der Waals surface area (Å²) in [4.78, 5) is 5.33. The van der Waals surface area contributed by atoms with Gasteiger partial charge in [-0.05, 0) is 12.5 Å². The lowest BCUT2D eigenvalue weighted by atomic mass is 9.79. The summed E-state index contributed by atoms with van der Waals surface area (Å²) in [5.41, 5.74) is 2.26. The summed E-state index contributed by atoms with van der Waals surface area (Å²) in [5, 5.41) is 0. The molecule has 2 saturated heterocycles. The molecule has 116 valence electrons. The maximum Gasteiger partial charge on any atom is 0.164 e.